The normalized spacial score (nSPS) is 11.9. The van der Waals surface area contributed by atoms with E-state index in [2.05, 4.69) is 10.6 Å². The fourth-order valence-corrected chi connectivity index (χ4v) is 0.744. The number of likely N-dealkylation sites (N-methyl/N-ethyl adjacent to an activating group) is 2. The molecule has 0 aromatic carbocycles. The van der Waals surface area contributed by atoms with E-state index in [9.17, 15) is 9.59 Å². The first-order valence-electron chi connectivity index (χ1n) is 3.54. The lowest BCUT2D eigenvalue weighted by atomic mass is 10.2. The molecule has 1 unspecified atom stereocenters. The highest BCUT2D eigenvalue weighted by Crippen LogP contribution is 1.89. The van der Waals surface area contributed by atoms with Crippen LogP contribution in [0.4, 0.5) is 0 Å². The number of carbonyl (C=O) groups excluding carboxylic acids is 2. The molecule has 6 heteroatoms. The van der Waals surface area contributed by atoms with Crippen LogP contribution in [-0.4, -0.2) is 32.0 Å². The summed E-state index contributed by atoms with van der Waals surface area (Å²) in [6.45, 7) is 0. The highest BCUT2D eigenvalue weighted by atomic mass is 16.2. The Balaban J connectivity index is 3.99. The summed E-state index contributed by atoms with van der Waals surface area (Å²) in [5.74, 6) is 4.25. The van der Waals surface area contributed by atoms with Gasteiger partial charge in [-0.25, -0.2) is 5.84 Å². The lowest BCUT2D eigenvalue weighted by Gasteiger charge is -2.12. The maximum atomic E-state index is 11.0. The van der Waals surface area contributed by atoms with E-state index in [1.54, 1.807) is 7.05 Å². The quantitative estimate of drug-likeness (QED) is 0.219. The Morgan fingerprint density at radius 2 is 2.00 bits per heavy atom. The molecule has 0 radical (unpaired) electrons. The number of nitrogens with two attached hydrogens (primary N) is 1. The standard InChI is InChI=1S/C6H14N4O2/c1-8-4(6(12)9-2)3-5(11)10-7/h4,8H,3,7H2,1-2H3,(H,9,12)(H,10,11). The van der Waals surface area contributed by atoms with Gasteiger partial charge in [-0.05, 0) is 7.05 Å². The number of nitrogens with one attached hydrogen (secondary N) is 3. The van der Waals surface area contributed by atoms with Gasteiger partial charge in [-0.15, -0.1) is 0 Å². The molecule has 0 aromatic heterocycles. The highest BCUT2D eigenvalue weighted by molar-refractivity contribution is 5.87. The van der Waals surface area contributed by atoms with Crippen LogP contribution in [-0.2, 0) is 9.59 Å². The van der Waals surface area contributed by atoms with Gasteiger partial charge in [0.15, 0.2) is 0 Å². The van der Waals surface area contributed by atoms with Crippen LogP contribution in [0.2, 0.25) is 0 Å². The number of hydrazine groups is 1. The monoisotopic (exact) mass is 174 g/mol. The third kappa shape index (κ3) is 3.31. The van der Waals surface area contributed by atoms with Crippen LogP contribution >= 0.6 is 0 Å². The summed E-state index contributed by atoms with van der Waals surface area (Å²) in [7, 11) is 3.11. The SMILES string of the molecule is CNC(=O)C(CC(=O)NN)NC. The zero-order valence-electron chi connectivity index (χ0n) is 7.18. The van der Waals surface area contributed by atoms with Crippen LogP contribution in [0, 0.1) is 0 Å². The Morgan fingerprint density at radius 3 is 2.33 bits per heavy atom. The highest BCUT2D eigenvalue weighted by Gasteiger charge is 2.17. The lowest BCUT2D eigenvalue weighted by molar-refractivity contribution is -0.128. The van der Waals surface area contributed by atoms with Gasteiger partial charge in [0, 0.05) is 7.05 Å². The van der Waals surface area contributed by atoms with Crippen molar-refractivity contribution in [2.75, 3.05) is 14.1 Å². The molecule has 6 nitrogen and oxygen atoms in total. The second-order valence-corrected chi connectivity index (χ2v) is 2.23. The van der Waals surface area contributed by atoms with Crippen LogP contribution in [0.25, 0.3) is 0 Å². The molecule has 1 atom stereocenters. The summed E-state index contributed by atoms with van der Waals surface area (Å²) in [5, 5.41) is 5.11. The molecule has 0 rings (SSSR count). The summed E-state index contributed by atoms with van der Waals surface area (Å²) in [6, 6.07) is -0.529. The van der Waals surface area contributed by atoms with Crippen molar-refractivity contribution in [3.05, 3.63) is 0 Å². The Hall–Kier alpha value is -1.14. The zero-order valence-corrected chi connectivity index (χ0v) is 7.18. The summed E-state index contributed by atoms with van der Waals surface area (Å²) in [5.41, 5.74) is 1.95. The van der Waals surface area contributed by atoms with Crippen molar-refractivity contribution in [3.8, 4) is 0 Å². The molecule has 0 bridgehead atoms. The van der Waals surface area contributed by atoms with Gasteiger partial charge < -0.3 is 10.6 Å². The predicted octanol–water partition coefficient (Wildman–Crippen LogP) is -2.30. The van der Waals surface area contributed by atoms with Crippen LogP contribution in [0.15, 0.2) is 0 Å². The smallest absolute Gasteiger partial charge is 0.237 e. The molecular weight excluding hydrogens is 160 g/mol. The Morgan fingerprint density at radius 1 is 1.42 bits per heavy atom. The first-order chi connectivity index (χ1) is 5.65. The first kappa shape index (κ1) is 10.9. The average molecular weight is 174 g/mol. The van der Waals surface area contributed by atoms with Gasteiger partial charge in [0.1, 0.15) is 0 Å². The molecule has 5 N–H and O–H groups in total. The maximum absolute atomic E-state index is 11.0. The van der Waals surface area contributed by atoms with Crippen LogP contribution in [0.1, 0.15) is 6.42 Å². The van der Waals surface area contributed by atoms with Crippen molar-refractivity contribution in [1.82, 2.24) is 16.1 Å². The fourth-order valence-electron chi connectivity index (χ4n) is 0.744. The minimum atomic E-state index is -0.529. The third-order valence-corrected chi connectivity index (χ3v) is 1.46. The van der Waals surface area contributed by atoms with Gasteiger partial charge in [-0.3, -0.25) is 15.0 Å². The molecule has 0 aliphatic rings. The summed E-state index contributed by atoms with van der Waals surface area (Å²) < 4.78 is 0. The molecule has 0 fully saturated rings. The molecule has 70 valence electrons. The van der Waals surface area contributed by atoms with Crippen molar-refractivity contribution >= 4 is 11.8 Å². The van der Waals surface area contributed by atoms with Crippen molar-refractivity contribution in [2.45, 2.75) is 12.5 Å². The predicted molar refractivity (Wildman–Crippen MR) is 43.9 cm³/mol. The molecule has 0 aliphatic heterocycles. The van der Waals surface area contributed by atoms with E-state index in [0.717, 1.165) is 0 Å². The van der Waals surface area contributed by atoms with E-state index in [1.807, 2.05) is 5.43 Å². The Bertz CT molecular complexity index is 171. The number of amides is 2. The topological polar surface area (TPSA) is 96.2 Å². The molecule has 0 spiro atoms. The molecule has 2 amide bonds. The number of carbonyl (C=O) groups is 2. The van der Waals surface area contributed by atoms with E-state index >= 15 is 0 Å². The first-order valence-corrected chi connectivity index (χ1v) is 3.54. The molecule has 0 saturated carbocycles. The van der Waals surface area contributed by atoms with Crippen LogP contribution in [0.3, 0.4) is 0 Å². The largest absolute Gasteiger partial charge is 0.358 e. The minimum Gasteiger partial charge on any atom is -0.358 e. The van der Waals surface area contributed by atoms with Crippen LogP contribution < -0.4 is 21.9 Å². The van der Waals surface area contributed by atoms with E-state index in [-0.39, 0.29) is 18.2 Å². The van der Waals surface area contributed by atoms with Crippen molar-refractivity contribution in [2.24, 2.45) is 5.84 Å². The van der Waals surface area contributed by atoms with Crippen molar-refractivity contribution in [3.63, 3.8) is 0 Å². The van der Waals surface area contributed by atoms with Gasteiger partial charge in [-0.1, -0.05) is 0 Å². The van der Waals surface area contributed by atoms with Gasteiger partial charge in [0.2, 0.25) is 11.8 Å². The number of hydrogen-bond acceptors (Lipinski definition) is 4. The second kappa shape index (κ2) is 5.50. The molecule has 0 saturated heterocycles. The summed E-state index contributed by atoms with van der Waals surface area (Å²) in [4.78, 5) is 21.7. The maximum Gasteiger partial charge on any atom is 0.237 e. The third-order valence-electron chi connectivity index (χ3n) is 1.46. The summed E-state index contributed by atoms with van der Waals surface area (Å²) in [6.07, 6.45) is 0.0344. The Kier molecular flexibility index (Phi) is 4.98. The van der Waals surface area contributed by atoms with Crippen molar-refractivity contribution < 1.29 is 9.59 Å². The molecular formula is C6H14N4O2. The van der Waals surface area contributed by atoms with E-state index in [1.165, 1.54) is 7.05 Å². The van der Waals surface area contributed by atoms with Crippen LogP contribution in [0.5, 0.6) is 0 Å². The van der Waals surface area contributed by atoms with E-state index < -0.39 is 6.04 Å². The van der Waals surface area contributed by atoms with Gasteiger partial charge in [0.25, 0.3) is 0 Å². The summed E-state index contributed by atoms with van der Waals surface area (Å²) >= 11 is 0. The minimum absolute atomic E-state index is 0.0344. The second-order valence-electron chi connectivity index (χ2n) is 2.23. The Labute approximate surface area is 70.8 Å². The fraction of sp³-hybridized carbons (Fsp3) is 0.667. The van der Waals surface area contributed by atoms with E-state index in [0.29, 0.717) is 0 Å². The molecule has 0 aromatic rings. The molecule has 0 heterocycles. The van der Waals surface area contributed by atoms with Gasteiger partial charge >= 0.3 is 0 Å². The average Bonchev–Trinajstić information content (AvgIpc) is 2.12. The van der Waals surface area contributed by atoms with Crippen molar-refractivity contribution in [1.29, 1.82) is 0 Å². The number of rotatable bonds is 4. The number of hydrogen-bond donors (Lipinski definition) is 4. The van der Waals surface area contributed by atoms with Gasteiger partial charge in [0.05, 0.1) is 12.5 Å². The zero-order chi connectivity index (χ0) is 9.56. The van der Waals surface area contributed by atoms with E-state index in [4.69, 9.17) is 5.84 Å². The molecule has 0 aliphatic carbocycles. The van der Waals surface area contributed by atoms with Gasteiger partial charge in [-0.2, -0.15) is 0 Å². The lowest BCUT2D eigenvalue weighted by Crippen LogP contribution is -2.45. The molecule has 12 heavy (non-hydrogen) atoms.